The third-order valence-corrected chi connectivity index (χ3v) is 5.25. The molecule has 102 valence electrons. The Morgan fingerprint density at radius 3 is 2.33 bits per heavy atom. The predicted molar refractivity (Wildman–Crippen MR) is 77.1 cm³/mol. The topological polar surface area (TPSA) is 33.1 Å². The molecule has 2 rings (SSSR count). The van der Waals surface area contributed by atoms with Crippen molar-refractivity contribution in [2.24, 2.45) is 5.92 Å². The number of hydrogen-bond acceptors (Lipinski definition) is 3. The fourth-order valence-electron chi connectivity index (χ4n) is 2.84. The highest BCUT2D eigenvalue weighted by Gasteiger charge is 2.21. The average molecular weight is 267 g/mol. The van der Waals surface area contributed by atoms with E-state index in [9.17, 15) is 5.11 Å². The molecule has 1 fully saturated rings. The summed E-state index contributed by atoms with van der Waals surface area (Å²) in [5.41, 5.74) is 1.12. The molecule has 3 heteroatoms. The van der Waals surface area contributed by atoms with Crippen LogP contribution in [0.1, 0.15) is 60.5 Å². The number of rotatable bonds is 3. The second kappa shape index (κ2) is 6.67. The number of aromatic nitrogens is 1. The molecular weight excluding hydrogens is 242 g/mol. The van der Waals surface area contributed by atoms with Crippen molar-refractivity contribution in [3.05, 3.63) is 15.6 Å². The SMILES string of the molecule is Cc1nc(CC(O)C2CCCCCCC2)sc1C. The van der Waals surface area contributed by atoms with E-state index in [0.717, 1.165) is 17.1 Å². The van der Waals surface area contributed by atoms with Crippen molar-refractivity contribution in [1.82, 2.24) is 4.98 Å². The Kier molecular flexibility index (Phi) is 5.19. The summed E-state index contributed by atoms with van der Waals surface area (Å²) in [7, 11) is 0. The number of thiazole rings is 1. The van der Waals surface area contributed by atoms with Crippen LogP contribution in [0.4, 0.5) is 0 Å². The van der Waals surface area contributed by atoms with Crippen LogP contribution in [0.25, 0.3) is 0 Å². The van der Waals surface area contributed by atoms with Crippen molar-refractivity contribution >= 4 is 11.3 Å². The summed E-state index contributed by atoms with van der Waals surface area (Å²) in [6.45, 7) is 4.16. The van der Waals surface area contributed by atoms with Gasteiger partial charge in [-0.3, -0.25) is 0 Å². The molecule has 0 radical (unpaired) electrons. The lowest BCUT2D eigenvalue weighted by Gasteiger charge is -2.24. The second-order valence-corrected chi connectivity index (χ2v) is 6.91. The van der Waals surface area contributed by atoms with E-state index in [-0.39, 0.29) is 6.10 Å². The van der Waals surface area contributed by atoms with Crippen molar-refractivity contribution in [2.75, 3.05) is 0 Å². The first-order valence-corrected chi connectivity index (χ1v) is 8.09. The van der Waals surface area contributed by atoms with Gasteiger partial charge in [-0.05, 0) is 32.6 Å². The molecule has 18 heavy (non-hydrogen) atoms. The number of aryl methyl sites for hydroxylation is 2. The van der Waals surface area contributed by atoms with E-state index in [4.69, 9.17) is 0 Å². The zero-order chi connectivity index (χ0) is 13.0. The van der Waals surface area contributed by atoms with Crippen LogP contribution >= 0.6 is 11.3 Å². The fourth-order valence-corrected chi connectivity index (χ4v) is 3.83. The Morgan fingerprint density at radius 2 is 1.78 bits per heavy atom. The third-order valence-electron chi connectivity index (χ3n) is 4.15. The van der Waals surface area contributed by atoms with Gasteiger partial charge < -0.3 is 5.11 Å². The van der Waals surface area contributed by atoms with Crippen LogP contribution in [0, 0.1) is 19.8 Å². The van der Waals surface area contributed by atoms with Gasteiger partial charge in [-0.25, -0.2) is 4.98 Å². The second-order valence-electron chi connectivity index (χ2n) is 5.63. The lowest BCUT2D eigenvalue weighted by Crippen LogP contribution is -2.23. The molecule has 1 aliphatic carbocycles. The standard InChI is InChI=1S/C15H25NOS/c1-11-12(2)18-15(16-11)10-14(17)13-8-6-4-3-5-7-9-13/h13-14,17H,3-10H2,1-2H3. The van der Waals surface area contributed by atoms with Gasteiger partial charge in [0.25, 0.3) is 0 Å². The molecule has 0 aliphatic heterocycles. The van der Waals surface area contributed by atoms with Crippen molar-refractivity contribution in [3.63, 3.8) is 0 Å². The number of nitrogens with zero attached hydrogens (tertiary/aromatic N) is 1. The van der Waals surface area contributed by atoms with Crippen LogP contribution in [-0.2, 0) is 6.42 Å². The van der Waals surface area contributed by atoms with E-state index < -0.39 is 0 Å². The smallest absolute Gasteiger partial charge is 0.0956 e. The van der Waals surface area contributed by atoms with Crippen LogP contribution in [0.5, 0.6) is 0 Å². The molecule has 1 aromatic heterocycles. The minimum absolute atomic E-state index is 0.187. The third kappa shape index (κ3) is 3.79. The summed E-state index contributed by atoms with van der Waals surface area (Å²) in [4.78, 5) is 5.83. The molecule has 2 nitrogen and oxygen atoms in total. The highest BCUT2D eigenvalue weighted by atomic mass is 32.1. The number of aliphatic hydroxyl groups excluding tert-OH is 1. The van der Waals surface area contributed by atoms with Gasteiger partial charge in [-0.2, -0.15) is 0 Å². The Labute approximate surface area is 114 Å². The zero-order valence-corrected chi connectivity index (χ0v) is 12.4. The van der Waals surface area contributed by atoms with E-state index in [1.165, 1.54) is 49.8 Å². The van der Waals surface area contributed by atoms with E-state index in [2.05, 4.69) is 18.8 Å². The molecule has 1 aromatic rings. The first-order valence-electron chi connectivity index (χ1n) is 7.28. The van der Waals surface area contributed by atoms with Gasteiger partial charge in [-0.15, -0.1) is 11.3 Å². The molecule has 1 heterocycles. The minimum Gasteiger partial charge on any atom is -0.392 e. The number of hydrogen-bond donors (Lipinski definition) is 1. The maximum Gasteiger partial charge on any atom is 0.0956 e. The Balaban J connectivity index is 1.91. The first kappa shape index (κ1) is 14.0. The average Bonchev–Trinajstić information content (AvgIpc) is 2.56. The summed E-state index contributed by atoms with van der Waals surface area (Å²) in [6, 6.07) is 0. The van der Waals surface area contributed by atoms with Crippen LogP contribution in [-0.4, -0.2) is 16.2 Å². The molecule has 0 amide bonds. The maximum absolute atomic E-state index is 10.4. The van der Waals surface area contributed by atoms with Gasteiger partial charge >= 0.3 is 0 Å². The summed E-state index contributed by atoms with van der Waals surface area (Å²) >= 11 is 1.74. The van der Waals surface area contributed by atoms with Gasteiger partial charge in [0.1, 0.15) is 0 Å². The molecule has 1 aliphatic rings. The largest absolute Gasteiger partial charge is 0.392 e. The Morgan fingerprint density at radius 1 is 1.17 bits per heavy atom. The van der Waals surface area contributed by atoms with Gasteiger partial charge in [0, 0.05) is 11.3 Å². The van der Waals surface area contributed by atoms with Crippen LogP contribution in [0.2, 0.25) is 0 Å². The Hall–Kier alpha value is -0.410. The van der Waals surface area contributed by atoms with Crippen molar-refractivity contribution < 1.29 is 5.11 Å². The predicted octanol–water partition coefficient (Wildman–Crippen LogP) is 4.02. The molecule has 0 spiro atoms. The van der Waals surface area contributed by atoms with Crippen molar-refractivity contribution in [2.45, 2.75) is 71.3 Å². The van der Waals surface area contributed by atoms with Crippen molar-refractivity contribution in [3.8, 4) is 0 Å². The normalized spacial score (nSPS) is 20.4. The van der Waals surface area contributed by atoms with Crippen LogP contribution in [0.3, 0.4) is 0 Å². The molecule has 0 aromatic carbocycles. The monoisotopic (exact) mass is 267 g/mol. The highest BCUT2D eigenvalue weighted by molar-refractivity contribution is 7.11. The van der Waals surface area contributed by atoms with Gasteiger partial charge in [0.2, 0.25) is 0 Å². The number of aliphatic hydroxyl groups is 1. The van der Waals surface area contributed by atoms with Crippen LogP contribution in [0.15, 0.2) is 0 Å². The van der Waals surface area contributed by atoms with Gasteiger partial charge in [0.15, 0.2) is 0 Å². The zero-order valence-electron chi connectivity index (χ0n) is 11.6. The molecular formula is C15H25NOS. The summed E-state index contributed by atoms with van der Waals surface area (Å²) in [5.74, 6) is 0.495. The molecule has 1 atom stereocenters. The fraction of sp³-hybridized carbons (Fsp3) is 0.800. The van der Waals surface area contributed by atoms with E-state index >= 15 is 0 Å². The quantitative estimate of drug-likeness (QED) is 0.897. The lowest BCUT2D eigenvalue weighted by atomic mass is 9.86. The maximum atomic E-state index is 10.4. The van der Waals surface area contributed by atoms with Crippen molar-refractivity contribution in [1.29, 1.82) is 0 Å². The highest BCUT2D eigenvalue weighted by Crippen LogP contribution is 2.27. The first-order chi connectivity index (χ1) is 8.66. The lowest BCUT2D eigenvalue weighted by molar-refractivity contribution is 0.0912. The summed E-state index contributed by atoms with van der Waals surface area (Å²) < 4.78 is 0. The molecule has 1 saturated carbocycles. The van der Waals surface area contributed by atoms with E-state index in [1.807, 2.05) is 0 Å². The van der Waals surface area contributed by atoms with E-state index in [0.29, 0.717) is 5.92 Å². The summed E-state index contributed by atoms with van der Waals surface area (Å²) in [6.07, 6.45) is 9.62. The molecule has 1 unspecified atom stereocenters. The molecule has 0 bridgehead atoms. The Bertz CT molecular complexity index is 347. The minimum atomic E-state index is -0.187. The molecule has 1 N–H and O–H groups in total. The van der Waals surface area contributed by atoms with E-state index in [1.54, 1.807) is 11.3 Å². The van der Waals surface area contributed by atoms with Crippen LogP contribution < -0.4 is 0 Å². The molecule has 0 saturated heterocycles. The summed E-state index contributed by atoms with van der Waals surface area (Å²) in [5, 5.41) is 11.5. The van der Waals surface area contributed by atoms with Gasteiger partial charge in [-0.1, -0.05) is 32.1 Å². The van der Waals surface area contributed by atoms with Gasteiger partial charge in [0.05, 0.1) is 16.8 Å².